The topological polar surface area (TPSA) is 78.5 Å². The molecule has 126 valence electrons. The monoisotopic (exact) mass is 319 g/mol. The van der Waals surface area contributed by atoms with Crippen molar-refractivity contribution < 1.29 is 14.4 Å². The van der Waals surface area contributed by atoms with Gasteiger partial charge in [-0.25, -0.2) is 0 Å². The second kappa shape index (κ2) is 7.25. The molecule has 1 aliphatic carbocycles. The Hall–Kier alpha value is -1.69. The molecule has 2 fully saturated rings. The minimum atomic E-state index is -0.208. The maximum absolute atomic E-state index is 12.2. The summed E-state index contributed by atoms with van der Waals surface area (Å²) in [5.41, 5.74) is 0. The molecule has 1 saturated carbocycles. The lowest BCUT2D eigenvalue weighted by atomic mass is 9.81. The molecule has 1 saturated heterocycles. The SMILES string of the molecule is O=C(NC[C@H]1CCNC1)C1CCC(CN2C(=O)C=CC2=O)CC1. The molecule has 1 atom stereocenters. The Balaban J connectivity index is 1.38. The number of nitrogens with zero attached hydrogens (tertiary/aromatic N) is 1. The fourth-order valence-electron chi connectivity index (χ4n) is 3.75. The maximum Gasteiger partial charge on any atom is 0.253 e. The molecule has 0 aromatic heterocycles. The van der Waals surface area contributed by atoms with E-state index in [1.807, 2.05) is 0 Å². The van der Waals surface area contributed by atoms with Gasteiger partial charge in [-0.1, -0.05) is 0 Å². The first-order valence-corrected chi connectivity index (χ1v) is 8.65. The molecule has 0 spiro atoms. The zero-order chi connectivity index (χ0) is 16.2. The molecule has 3 rings (SSSR count). The van der Waals surface area contributed by atoms with Crippen LogP contribution in [0.1, 0.15) is 32.1 Å². The van der Waals surface area contributed by atoms with Crippen LogP contribution in [0.3, 0.4) is 0 Å². The number of rotatable bonds is 5. The zero-order valence-corrected chi connectivity index (χ0v) is 13.4. The van der Waals surface area contributed by atoms with E-state index in [9.17, 15) is 14.4 Å². The molecular formula is C17H25N3O3. The third kappa shape index (κ3) is 3.99. The Morgan fingerprint density at radius 3 is 2.39 bits per heavy atom. The molecule has 2 heterocycles. The van der Waals surface area contributed by atoms with Crippen LogP contribution >= 0.6 is 0 Å². The second-order valence-corrected chi connectivity index (χ2v) is 6.94. The minimum Gasteiger partial charge on any atom is -0.356 e. The molecule has 6 heteroatoms. The lowest BCUT2D eigenvalue weighted by molar-refractivity contribution is -0.138. The van der Waals surface area contributed by atoms with E-state index in [4.69, 9.17) is 0 Å². The third-order valence-corrected chi connectivity index (χ3v) is 5.29. The summed E-state index contributed by atoms with van der Waals surface area (Å²) in [5.74, 6) is 0.731. The van der Waals surface area contributed by atoms with Gasteiger partial charge in [-0.15, -0.1) is 0 Å². The van der Waals surface area contributed by atoms with Crippen LogP contribution < -0.4 is 10.6 Å². The van der Waals surface area contributed by atoms with Gasteiger partial charge in [0, 0.05) is 31.2 Å². The van der Waals surface area contributed by atoms with Crippen molar-refractivity contribution in [2.75, 3.05) is 26.2 Å². The smallest absolute Gasteiger partial charge is 0.253 e. The number of nitrogens with one attached hydrogen (secondary N) is 2. The van der Waals surface area contributed by atoms with Crippen molar-refractivity contribution in [3.05, 3.63) is 12.2 Å². The van der Waals surface area contributed by atoms with Gasteiger partial charge in [-0.05, 0) is 57.0 Å². The summed E-state index contributed by atoms with van der Waals surface area (Å²) in [4.78, 5) is 36.7. The van der Waals surface area contributed by atoms with Crippen molar-refractivity contribution in [3.63, 3.8) is 0 Å². The molecule has 6 nitrogen and oxygen atoms in total. The van der Waals surface area contributed by atoms with Gasteiger partial charge in [-0.3, -0.25) is 19.3 Å². The van der Waals surface area contributed by atoms with Gasteiger partial charge in [0.2, 0.25) is 5.91 Å². The molecule has 2 N–H and O–H groups in total. The van der Waals surface area contributed by atoms with E-state index in [0.29, 0.717) is 18.4 Å². The third-order valence-electron chi connectivity index (χ3n) is 5.29. The normalized spacial score (nSPS) is 31.0. The molecule has 0 bridgehead atoms. The van der Waals surface area contributed by atoms with Crippen molar-refractivity contribution in [1.82, 2.24) is 15.5 Å². The highest BCUT2D eigenvalue weighted by Crippen LogP contribution is 2.30. The summed E-state index contributed by atoms with van der Waals surface area (Å²) in [7, 11) is 0. The van der Waals surface area contributed by atoms with Crippen LogP contribution in [0, 0.1) is 17.8 Å². The van der Waals surface area contributed by atoms with E-state index < -0.39 is 0 Å². The lowest BCUT2D eigenvalue weighted by Crippen LogP contribution is -2.39. The van der Waals surface area contributed by atoms with Gasteiger partial charge >= 0.3 is 0 Å². The molecule has 3 amide bonds. The molecular weight excluding hydrogens is 294 g/mol. The van der Waals surface area contributed by atoms with Crippen molar-refractivity contribution in [2.24, 2.45) is 17.8 Å². The Morgan fingerprint density at radius 2 is 1.78 bits per heavy atom. The summed E-state index contributed by atoms with van der Waals surface area (Å²) >= 11 is 0. The standard InChI is InChI=1S/C17H25N3O3/c21-15-5-6-16(22)20(15)11-12-1-3-14(4-2-12)17(23)19-10-13-7-8-18-9-13/h5-6,12-14,18H,1-4,7-11H2,(H,19,23)/t12?,13-,14?/m0/s1. The van der Waals surface area contributed by atoms with Crippen LogP contribution in [0.25, 0.3) is 0 Å². The van der Waals surface area contributed by atoms with Gasteiger partial charge in [0.15, 0.2) is 0 Å². The molecule has 0 aromatic carbocycles. The number of hydrogen-bond acceptors (Lipinski definition) is 4. The van der Waals surface area contributed by atoms with E-state index in [1.54, 1.807) is 0 Å². The summed E-state index contributed by atoms with van der Waals surface area (Å²) in [6.45, 7) is 3.31. The maximum atomic E-state index is 12.2. The van der Waals surface area contributed by atoms with Crippen LogP contribution in [0.15, 0.2) is 12.2 Å². The summed E-state index contributed by atoms with van der Waals surface area (Å²) in [6.07, 6.45) is 7.31. The summed E-state index contributed by atoms with van der Waals surface area (Å²) < 4.78 is 0. The van der Waals surface area contributed by atoms with E-state index in [2.05, 4.69) is 10.6 Å². The first-order valence-electron chi connectivity index (χ1n) is 8.65. The molecule has 2 aliphatic heterocycles. The Kier molecular flexibility index (Phi) is 5.10. The van der Waals surface area contributed by atoms with Gasteiger partial charge in [0.05, 0.1) is 0 Å². The average molecular weight is 319 g/mol. The highest BCUT2D eigenvalue weighted by Gasteiger charge is 2.31. The van der Waals surface area contributed by atoms with E-state index in [-0.39, 0.29) is 23.6 Å². The quantitative estimate of drug-likeness (QED) is 0.721. The Bertz CT molecular complexity index is 485. The molecule has 0 aromatic rings. The highest BCUT2D eigenvalue weighted by molar-refractivity contribution is 6.12. The highest BCUT2D eigenvalue weighted by atomic mass is 16.2. The number of carbonyl (C=O) groups is 3. The summed E-state index contributed by atoms with van der Waals surface area (Å²) in [6, 6.07) is 0. The van der Waals surface area contributed by atoms with Crippen LogP contribution in [-0.4, -0.2) is 48.8 Å². The van der Waals surface area contributed by atoms with Gasteiger partial charge in [0.25, 0.3) is 11.8 Å². The Labute approximate surface area is 136 Å². The predicted octanol–water partition coefficient (Wildman–Crippen LogP) is 0.443. The van der Waals surface area contributed by atoms with E-state index >= 15 is 0 Å². The van der Waals surface area contributed by atoms with Crippen LogP contribution in [0.2, 0.25) is 0 Å². The van der Waals surface area contributed by atoms with Gasteiger partial charge in [-0.2, -0.15) is 0 Å². The van der Waals surface area contributed by atoms with Gasteiger partial charge in [0.1, 0.15) is 0 Å². The molecule has 3 aliphatic rings. The van der Waals surface area contributed by atoms with E-state index in [0.717, 1.165) is 51.7 Å². The number of carbonyl (C=O) groups excluding carboxylic acids is 3. The number of imide groups is 1. The largest absolute Gasteiger partial charge is 0.356 e. The summed E-state index contributed by atoms with van der Waals surface area (Å²) in [5, 5.41) is 6.40. The second-order valence-electron chi connectivity index (χ2n) is 6.94. The molecule has 0 unspecified atom stereocenters. The van der Waals surface area contributed by atoms with Crippen molar-refractivity contribution in [3.8, 4) is 0 Å². The lowest BCUT2D eigenvalue weighted by Gasteiger charge is -2.30. The Morgan fingerprint density at radius 1 is 1.09 bits per heavy atom. The predicted molar refractivity (Wildman–Crippen MR) is 85.3 cm³/mol. The fourth-order valence-corrected chi connectivity index (χ4v) is 3.75. The van der Waals surface area contributed by atoms with Crippen molar-refractivity contribution >= 4 is 17.7 Å². The first kappa shape index (κ1) is 16.2. The number of amides is 3. The zero-order valence-electron chi connectivity index (χ0n) is 13.4. The molecule has 0 radical (unpaired) electrons. The van der Waals surface area contributed by atoms with E-state index in [1.165, 1.54) is 17.1 Å². The van der Waals surface area contributed by atoms with Crippen LogP contribution in [-0.2, 0) is 14.4 Å². The fraction of sp³-hybridized carbons (Fsp3) is 0.706. The minimum absolute atomic E-state index is 0.0868. The van der Waals surface area contributed by atoms with Crippen molar-refractivity contribution in [1.29, 1.82) is 0 Å². The van der Waals surface area contributed by atoms with Gasteiger partial charge < -0.3 is 10.6 Å². The first-order chi connectivity index (χ1) is 11.1. The molecule has 23 heavy (non-hydrogen) atoms. The average Bonchev–Trinajstić information content (AvgIpc) is 3.18. The van der Waals surface area contributed by atoms with Crippen LogP contribution in [0.4, 0.5) is 0 Å². The van der Waals surface area contributed by atoms with Crippen LogP contribution in [0.5, 0.6) is 0 Å². The number of hydrogen-bond donors (Lipinski definition) is 2. The van der Waals surface area contributed by atoms with Crippen molar-refractivity contribution in [2.45, 2.75) is 32.1 Å².